The quantitative estimate of drug-likeness (QED) is 0.725. The van der Waals surface area contributed by atoms with E-state index in [0.29, 0.717) is 11.4 Å². The Morgan fingerprint density at radius 2 is 2.46 bits per heavy atom. The van der Waals surface area contributed by atoms with E-state index < -0.39 is 0 Å². The molecule has 3 nitrogen and oxygen atoms in total. The highest BCUT2D eigenvalue weighted by atomic mass is 32.1. The lowest BCUT2D eigenvalue weighted by molar-refractivity contribution is -0.120. The number of hydrogen-bond donors (Lipinski definition) is 2. The molecule has 1 rings (SSSR count). The molecule has 0 saturated heterocycles. The smallest absolute Gasteiger partial charge is 0.224 e. The molecule has 0 bridgehead atoms. The lowest BCUT2D eigenvalue weighted by Gasteiger charge is -2.01. The second-order valence-electron chi connectivity index (χ2n) is 2.55. The Labute approximate surface area is 85.9 Å². The maximum absolute atomic E-state index is 11.2. The van der Waals surface area contributed by atoms with Crippen molar-refractivity contribution < 1.29 is 4.79 Å². The third kappa shape index (κ3) is 4.00. The van der Waals surface area contributed by atoms with Gasteiger partial charge in [0.05, 0.1) is 18.0 Å². The third-order valence-corrected chi connectivity index (χ3v) is 2.28. The molecule has 1 heterocycles. The maximum Gasteiger partial charge on any atom is 0.224 e. The van der Waals surface area contributed by atoms with Gasteiger partial charge in [-0.1, -0.05) is 12.2 Å². The van der Waals surface area contributed by atoms with Crippen LogP contribution in [-0.4, -0.2) is 17.4 Å². The first-order valence-corrected chi connectivity index (χ1v) is 5.09. The predicted molar refractivity (Wildman–Crippen MR) is 57.8 cm³/mol. The number of amides is 1. The van der Waals surface area contributed by atoms with Crippen molar-refractivity contribution in [1.82, 2.24) is 5.32 Å². The first-order chi connectivity index (χ1) is 6.18. The Hall–Kier alpha value is -0.940. The highest BCUT2D eigenvalue weighted by Gasteiger charge is 2.02. The van der Waals surface area contributed by atoms with Crippen LogP contribution in [-0.2, 0) is 11.2 Å². The van der Waals surface area contributed by atoms with Crippen molar-refractivity contribution in [1.29, 1.82) is 0 Å². The molecule has 5 heteroatoms. The molecule has 0 radical (unpaired) electrons. The summed E-state index contributed by atoms with van der Waals surface area (Å²) in [5.41, 5.74) is 6.25. The van der Waals surface area contributed by atoms with Crippen LogP contribution in [0.15, 0.2) is 16.8 Å². The first kappa shape index (κ1) is 10.1. The van der Waals surface area contributed by atoms with E-state index in [0.717, 1.165) is 5.56 Å². The van der Waals surface area contributed by atoms with Crippen molar-refractivity contribution >= 4 is 34.5 Å². The average Bonchev–Trinajstić information content (AvgIpc) is 2.53. The van der Waals surface area contributed by atoms with Crippen LogP contribution in [0.5, 0.6) is 0 Å². The number of rotatable bonds is 4. The largest absolute Gasteiger partial charge is 0.392 e. The molecule has 1 aromatic heterocycles. The summed E-state index contributed by atoms with van der Waals surface area (Å²) in [6.07, 6.45) is 0.395. The van der Waals surface area contributed by atoms with Crippen molar-refractivity contribution in [3.05, 3.63) is 22.4 Å². The monoisotopic (exact) mass is 214 g/mol. The number of thiocarbonyl (C=S) groups is 1. The zero-order valence-corrected chi connectivity index (χ0v) is 8.58. The van der Waals surface area contributed by atoms with Gasteiger partial charge in [-0.2, -0.15) is 11.3 Å². The molecule has 0 saturated carbocycles. The van der Waals surface area contributed by atoms with Crippen LogP contribution in [0.2, 0.25) is 0 Å². The minimum Gasteiger partial charge on any atom is -0.392 e. The summed E-state index contributed by atoms with van der Waals surface area (Å²) >= 11 is 6.20. The molecule has 0 aliphatic carbocycles. The van der Waals surface area contributed by atoms with Crippen molar-refractivity contribution in [3.63, 3.8) is 0 Å². The number of thiophene rings is 1. The van der Waals surface area contributed by atoms with Gasteiger partial charge in [0.25, 0.3) is 0 Å². The van der Waals surface area contributed by atoms with Crippen LogP contribution in [0.4, 0.5) is 0 Å². The second-order valence-corrected chi connectivity index (χ2v) is 3.86. The number of carbonyl (C=O) groups excluding carboxylic acids is 1. The molecular formula is C8H10N2OS2. The second kappa shape index (κ2) is 4.94. The van der Waals surface area contributed by atoms with Crippen molar-refractivity contribution in [2.45, 2.75) is 6.42 Å². The Bertz CT molecular complexity index is 295. The van der Waals surface area contributed by atoms with Gasteiger partial charge in [-0.15, -0.1) is 0 Å². The third-order valence-electron chi connectivity index (χ3n) is 1.40. The average molecular weight is 214 g/mol. The molecule has 1 amide bonds. The minimum atomic E-state index is -0.0498. The van der Waals surface area contributed by atoms with Gasteiger partial charge >= 0.3 is 0 Å². The summed E-state index contributed by atoms with van der Waals surface area (Å²) in [4.78, 5) is 11.5. The van der Waals surface area contributed by atoms with E-state index in [1.165, 1.54) is 0 Å². The molecule has 0 unspecified atom stereocenters. The molecule has 13 heavy (non-hydrogen) atoms. The van der Waals surface area contributed by atoms with Crippen molar-refractivity contribution in [2.24, 2.45) is 5.73 Å². The van der Waals surface area contributed by atoms with Gasteiger partial charge < -0.3 is 11.1 Å². The highest BCUT2D eigenvalue weighted by Crippen LogP contribution is 2.05. The van der Waals surface area contributed by atoms with Crippen LogP contribution in [0.3, 0.4) is 0 Å². The maximum atomic E-state index is 11.2. The fraction of sp³-hybridized carbons (Fsp3) is 0.250. The molecule has 0 atom stereocenters. The van der Waals surface area contributed by atoms with Crippen LogP contribution in [0.25, 0.3) is 0 Å². The van der Waals surface area contributed by atoms with Crippen molar-refractivity contribution in [3.8, 4) is 0 Å². The molecule has 1 aromatic rings. The van der Waals surface area contributed by atoms with Crippen LogP contribution in [0.1, 0.15) is 5.56 Å². The molecule has 0 spiro atoms. The SMILES string of the molecule is NC(=S)CNC(=O)Cc1ccsc1. The van der Waals surface area contributed by atoms with E-state index in [2.05, 4.69) is 17.5 Å². The number of nitrogens with one attached hydrogen (secondary N) is 1. The Morgan fingerprint density at radius 3 is 3.00 bits per heavy atom. The van der Waals surface area contributed by atoms with E-state index in [-0.39, 0.29) is 12.5 Å². The van der Waals surface area contributed by atoms with Gasteiger partial charge in [0.15, 0.2) is 0 Å². The Kier molecular flexibility index (Phi) is 3.85. The first-order valence-electron chi connectivity index (χ1n) is 3.74. The normalized spacial score (nSPS) is 9.54. The summed E-state index contributed by atoms with van der Waals surface area (Å²) < 4.78 is 0. The van der Waals surface area contributed by atoms with Crippen LogP contribution >= 0.6 is 23.6 Å². The number of carbonyl (C=O) groups is 1. The van der Waals surface area contributed by atoms with Gasteiger partial charge in [0.1, 0.15) is 0 Å². The standard InChI is InChI=1S/C8H10N2OS2/c9-7(12)4-10-8(11)3-6-1-2-13-5-6/h1-2,5H,3-4H2,(H2,9,12)(H,10,11). The molecule has 0 aliphatic rings. The molecule has 0 fully saturated rings. The zero-order chi connectivity index (χ0) is 9.68. The molecular weight excluding hydrogens is 204 g/mol. The van der Waals surface area contributed by atoms with Gasteiger partial charge in [-0.25, -0.2) is 0 Å². The minimum absolute atomic E-state index is 0.0498. The van der Waals surface area contributed by atoms with E-state index in [4.69, 9.17) is 5.73 Å². The summed E-state index contributed by atoms with van der Waals surface area (Å²) in [5, 5.41) is 6.51. The van der Waals surface area contributed by atoms with Crippen molar-refractivity contribution in [2.75, 3.05) is 6.54 Å². The summed E-state index contributed by atoms with van der Waals surface area (Å²) in [5.74, 6) is -0.0498. The number of hydrogen-bond acceptors (Lipinski definition) is 3. The van der Waals surface area contributed by atoms with E-state index in [1.54, 1.807) is 11.3 Å². The van der Waals surface area contributed by atoms with Crippen LogP contribution in [0, 0.1) is 0 Å². The Morgan fingerprint density at radius 1 is 1.69 bits per heavy atom. The lowest BCUT2D eigenvalue weighted by Crippen LogP contribution is -2.33. The summed E-state index contributed by atoms with van der Waals surface area (Å²) in [6.45, 7) is 0.276. The topological polar surface area (TPSA) is 55.1 Å². The Balaban J connectivity index is 2.30. The van der Waals surface area contributed by atoms with E-state index in [1.807, 2.05) is 16.8 Å². The summed E-state index contributed by atoms with van der Waals surface area (Å²) in [7, 11) is 0. The highest BCUT2D eigenvalue weighted by molar-refractivity contribution is 7.80. The molecule has 3 N–H and O–H groups in total. The van der Waals surface area contributed by atoms with Gasteiger partial charge in [-0.05, 0) is 22.4 Å². The molecule has 0 aromatic carbocycles. The zero-order valence-electron chi connectivity index (χ0n) is 6.95. The van der Waals surface area contributed by atoms with Gasteiger partial charge in [-0.3, -0.25) is 4.79 Å². The van der Waals surface area contributed by atoms with Crippen LogP contribution < -0.4 is 11.1 Å². The number of nitrogens with two attached hydrogens (primary N) is 1. The van der Waals surface area contributed by atoms with E-state index >= 15 is 0 Å². The molecule has 70 valence electrons. The van der Waals surface area contributed by atoms with Gasteiger partial charge in [0, 0.05) is 0 Å². The lowest BCUT2D eigenvalue weighted by atomic mass is 10.2. The summed E-state index contributed by atoms with van der Waals surface area (Å²) in [6, 6.07) is 1.92. The van der Waals surface area contributed by atoms with E-state index in [9.17, 15) is 4.79 Å². The fourth-order valence-electron chi connectivity index (χ4n) is 0.827. The van der Waals surface area contributed by atoms with Gasteiger partial charge in [0.2, 0.25) is 5.91 Å². The molecule has 0 aliphatic heterocycles. The fourth-order valence-corrected chi connectivity index (χ4v) is 1.57. The predicted octanol–water partition coefficient (Wildman–Crippen LogP) is 0.693.